The van der Waals surface area contributed by atoms with Crippen LogP contribution in [-0.4, -0.2) is 49.9 Å². The van der Waals surface area contributed by atoms with Crippen LogP contribution in [0.15, 0.2) is 47.6 Å². The van der Waals surface area contributed by atoms with E-state index in [1.807, 2.05) is 24.3 Å². The minimum absolute atomic E-state index is 0.0130. The molecule has 2 aromatic rings. The smallest absolute Gasteiger partial charge is 0.322 e. The van der Waals surface area contributed by atoms with Gasteiger partial charge in [-0.25, -0.2) is 13.4 Å². The van der Waals surface area contributed by atoms with Crippen molar-refractivity contribution >= 4 is 15.8 Å². The molecule has 8 heteroatoms. The second-order valence-corrected chi connectivity index (χ2v) is 7.81. The van der Waals surface area contributed by atoms with Crippen molar-refractivity contribution in [1.29, 1.82) is 0 Å². The van der Waals surface area contributed by atoms with E-state index in [-0.39, 0.29) is 17.1 Å². The lowest BCUT2D eigenvalue weighted by atomic mass is 10.1. The van der Waals surface area contributed by atoms with Gasteiger partial charge in [-0.2, -0.15) is 0 Å². The van der Waals surface area contributed by atoms with E-state index in [0.717, 1.165) is 23.1 Å². The van der Waals surface area contributed by atoms with Gasteiger partial charge in [0.1, 0.15) is 11.9 Å². The van der Waals surface area contributed by atoms with Crippen LogP contribution in [0, 0.1) is 0 Å². The highest BCUT2D eigenvalue weighted by molar-refractivity contribution is 7.90. The molecule has 0 unspecified atom stereocenters. The first-order valence-electron chi connectivity index (χ1n) is 7.68. The second-order valence-electron chi connectivity index (χ2n) is 5.85. The third-order valence-corrected chi connectivity index (χ3v) is 4.68. The zero-order chi connectivity index (χ0) is 18.0. The summed E-state index contributed by atoms with van der Waals surface area (Å²) in [6, 6.07) is 10.7. The minimum Gasteiger partial charge on any atom is -0.487 e. The Bertz CT molecular complexity index is 857. The number of ether oxygens (including phenoxy) is 1. The summed E-state index contributed by atoms with van der Waals surface area (Å²) in [5.41, 5.74) is 1.73. The Morgan fingerprint density at radius 3 is 2.28 bits per heavy atom. The maximum Gasteiger partial charge on any atom is 0.322 e. The van der Waals surface area contributed by atoms with Gasteiger partial charge in [-0.3, -0.25) is 4.79 Å². The highest BCUT2D eigenvalue weighted by Crippen LogP contribution is 2.24. The molecule has 1 aromatic carbocycles. The van der Waals surface area contributed by atoms with Crippen LogP contribution < -0.4 is 4.74 Å². The monoisotopic (exact) mass is 362 g/mol. The molecule has 132 valence electrons. The largest absolute Gasteiger partial charge is 0.487 e. The molecule has 1 saturated heterocycles. The predicted molar refractivity (Wildman–Crippen MR) is 90.5 cm³/mol. The summed E-state index contributed by atoms with van der Waals surface area (Å²) in [7, 11) is -3.30. The Morgan fingerprint density at radius 1 is 1.12 bits per heavy atom. The van der Waals surface area contributed by atoms with Crippen molar-refractivity contribution in [3.63, 3.8) is 0 Å². The van der Waals surface area contributed by atoms with Crippen LogP contribution in [0.1, 0.15) is 6.92 Å². The van der Waals surface area contributed by atoms with E-state index >= 15 is 0 Å². The van der Waals surface area contributed by atoms with Gasteiger partial charge < -0.3 is 9.57 Å². The summed E-state index contributed by atoms with van der Waals surface area (Å²) in [6.07, 6.45) is 2.65. The molecular formula is C17H18N2O5S. The normalized spacial score (nSPS) is 15.4. The highest BCUT2D eigenvalue weighted by atomic mass is 32.2. The number of aromatic nitrogens is 1. The molecule has 0 N–H and O–H groups in total. The molecule has 0 aliphatic carbocycles. The molecule has 0 amide bonds. The van der Waals surface area contributed by atoms with Crippen molar-refractivity contribution in [3.8, 4) is 16.9 Å². The van der Waals surface area contributed by atoms with Gasteiger partial charge in [-0.05, 0) is 29.8 Å². The highest BCUT2D eigenvalue weighted by Gasteiger charge is 2.31. The number of sulfone groups is 1. The molecule has 1 aromatic heterocycles. The first-order valence-corrected chi connectivity index (χ1v) is 9.57. The van der Waals surface area contributed by atoms with Gasteiger partial charge in [0, 0.05) is 24.9 Å². The Morgan fingerprint density at radius 2 is 1.76 bits per heavy atom. The Hall–Kier alpha value is -2.45. The maximum atomic E-state index is 11.4. The van der Waals surface area contributed by atoms with Gasteiger partial charge in [0.05, 0.1) is 13.1 Å². The van der Waals surface area contributed by atoms with Crippen LogP contribution in [0.3, 0.4) is 0 Å². The van der Waals surface area contributed by atoms with Gasteiger partial charge in [-0.15, -0.1) is 5.06 Å². The molecule has 1 aliphatic heterocycles. The third-order valence-electron chi connectivity index (χ3n) is 3.68. The molecule has 25 heavy (non-hydrogen) atoms. The summed E-state index contributed by atoms with van der Waals surface area (Å²) in [5, 5.41) is 1.61. The quantitative estimate of drug-likeness (QED) is 0.800. The van der Waals surface area contributed by atoms with Crippen molar-refractivity contribution in [2.45, 2.75) is 18.1 Å². The number of nitrogens with zero attached hydrogens (tertiary/aromatic N) is 2. The third kappa shape index (κ3) is 4.34. The lowest BCUT2D eigenvalue weighted by molar-refractivity contribution is -0.224. The molecule has 0 spiro atoms. The Labute approximate surface area is 146 Å². The average Bonchev–Trinajstić information content (AvgIpc) is 2.52. The second kappa shape index (κ2) is 6.81. The van der Waals surface area contributed by atoms with Crippen LogP contribution in [-0.2, 0) is 19.5 Å². The number of hydrogen-bond acceptors (Lipinski definition) is 7. The summed E-state index contributed by atoms with van der Waals surface area (Å²) < 4.78 is 28.7. The number of carbonyl (C=O) groups is 1. The van der Waals surface area contributed by atoms with Crippen LogP contribution >= 0.6 is 0 Å². The van der Waals surface area contributed by atoms with E-state index in [9.17, 15) is 13.2 Å². The van der Waals surface area contributed by atoms with E-state index < -0.39 is 9.84 Å². The average molecular weight is 362 g/mol. The first kappa shape index (κ1) is 17.4. The molecule has 2 heterocycles. The topological polar surface area (TPSA) is 85.8 Å². The molecule has 1 fully saturated rings. The number of carbonyl (C=O) groups excluding carboxylic acids is 1. The van der Waals surface area contributed by atoms with E-state index in [1.54, 1.807) is 11.1 Å². The molecular weight excluding hydrogens is 344 g/mol. The van der Waals surface area contributed by atoms with E-state index in [1.165, 1.54) is 19.2 Å². The van der Waals surface area contributed by atoms with Crippen LogP contribution in [0.2, 0.25) is 0 Å². The molecule has 0 bridgehead atoms. The minimum atomic E-state index is -3.30. The Balaban J connectivity index is 1.60. The molecule has 1 aliphatic rings. The SMILES string of the molecule is CC(=O)ON1CC(Oc2ccc(-c3ccc(S(C)(=O)=O)nc3)cc2)C1. The van der Waals surface area contributed by atoms with Gasteiger partial charge in [0.25, 0.3) is 0 Å². The van der Waals surface area contributed by atoms with Gasteiger partial charge >= 0.3 is 5.97 Å². The van der Waals surface area contributed by atoms with Crippen molar-refractivity contribution in [2.24, 2.45) is 0 Å². The van der Waals surface area contributed by atoms with Gasteiger partial charge in [-0.1, -0.05) is 12.1 Å². The summed E-state index contributed by atoms with van der Waals surface area (Å²) in [4.78, 5) is 19.7. The zero-order valence-electron chi connectivity index (χ0n) is 13.9. The lowest BCUT2D eigenvalue weighted by Crippen LogP contribution is -2.53. The van der Waals surface area contributed by atoms with Crippen molar-refractivity contribution < 1.29 is 22.8 Å². The van der Waals surface area contributed by atoms with Crippen molar-refractivity contribution in [3.05, 3.63) is 42.6 Å². The van der Waals surface area contributed by atoms with Crippen LogP contribution in [0.5, 0.6) is 5.75 Å². The number of benzene rings is 1. The summed E-state index contributed by atoms with van der Waals surface area (Å²) >= 11 is 0. The van der Waals surface area contributed by atoms with Gasteiger partial charge in [0.2, 0.25) is 0 Å². The molecule has 0 atom stereocenters. The van der Waals surface area contributed by atoms with Crippen molar-refractivity contribution in [1.82, 2.24) is 10.0 Å². The molecule has 0 radical (unpaired) electrons. The lowest BCUT2D eigenvalue weighted by Gasteiger charge is -2.36. The number of pyridine rings is 1. The number of hydroxylamine groups is 2. The molecule has 7 nitrogen and oxygen atoms in total. The van der Waals surface area contributed by atoms with Gasteiger partial charge in [0.15, 0.2) is 14.9 Å². The van der Waals surface area contributed by atoms with E-state index in [2.05, 4.69) is 4.98 Å². The fourth-order valence-electron chi connectivity index (χ4n) is 2.42. The fourth-order valence-corrected chi connectivity index (χ4v) is 2.98. The predicted octanol–water partition coefficient (Wildman–Crippen LogP) is 1.69. The van der Waals surface area contributed by atoms with Crippen LogP contribution in [0.25, 0.3) is 11.1 Å². The fraction of sp³-hybridized carbons (Fsp3) is 0.294. The number of rotatable bonds is 5. The maximum absolute atomic E-state index is 11.4. The summed E-state index contributed by atoms with van der Waals surface area (Å²) in [5.74, 6) is 0.384. The Kier molecular flexibility index (Phi) is 4.73. The van der Waals surface area contributed by atoms with E-state index in [0.29, 0.717) is 13.1 Å². The summed E-state index contributed by atoms with van der Waals surface area (Å²) in [6.45, 7) is 2.45. The number of hydrogen-bond donors (Lipinski definition) is 0. The zero-order valence-corrected chi connectivity index (χ0v) is 14.7. The van der Waals surface area contributed by atoms with E-state index in [4.69, 9.17) is 9.57 Å². The molecule has 3 rings (SSSR count). The molecule has 0 saturated carbocycles. The standard InChI is InChI=1S/C17H18N2O5S/c1-12(20)24-19-10-16(11-19)23-15-6-3-13(4-7-15)14-5-8-17(18-9-14)25(2,21)22/h3-9,16H,10-11H2,1-2H3. The van der Waals surface area contributed by atoms with Crippen LogP contribution in [0.4, 0.5) is 0 Å². The first-order chi connectivity index (χ1) is 11.8. The van der Waals surface area contributed by atoms with Crippen molar-refractivity contribution in [2.75, 3.05) is 19.3 Å².